The third-order valence-electron chi connectivity index (χ3n) is 3.16. The Labute approximate surface area is 112 Å². The van der Waals surface area contributed by atoms with E-state index in [1.807, 2.05) is 0 Å². The van der Waals surface area contributed by atoms with Gasteiger partial charge in [-0.15, -0.1) is 0 Å². The third kappa shape index (κ3) is 5.54. The van der Waals surface area contributed by atoms with Crippen molar-refractivity contribution in [2.75, 3.05) is 33.4 Å². The highest BCUT2D eigenvalue weighted by Gasteiger charge is 2.32. The Balaban J connectivity index is 2.49. The molecule has 0 aromatic carbocycles. The molecule has 1 saturated heterocycles. The van der Waals surface area contributed by atoms with Gasteiger partial charge < -0.3 is 25.2 Å². The highest BCUT2D eigenvalue weighted by molar-refractivity contribution is 5.82. The minimum absolute atomic E-state index is 0.151. The molecule has 0 aromatic heterocycles. The number of carbonyl (C=O) groups excluding carboxylic acids is 1. The normalized spacial score (nSPS) is 20.0. The Morgan fingerprint density at radius 2 is 2.00 bits per heavy atom. The fraction of sp³-hybridized carbons (Fsp3) is 0.833. The molecule has 1 heterocycles. The summed E-state index contributed by atoms with van der Waals surface area (Å²) in [6.07, 6.45) is 1.07. The molecule has 1 aliphatic heterocycles. The minimum atomic E-state index is -1.08. The van der Waals surface area contributed by atoms with Crippen molar-refractivity contribution >= 4 is 11.9 Å². The first kappa shape index (κ1) is 15.9. The van der Waals surface area contributed by atoms with Crippen molar-refractivity contribution in [3.8, 4) is 0 Å². The van der Waals surface area contributed by atoms with E-state index >= 15 is 0 Å². The molecule has 0 bridgehead atoms. The Hall–Kier alpha value is -1.18. The van der Waals surface area contributed by atoms with Gasteiger partial charge >= 0.3 is 5.97 Å². The Kier molecular flexibility index (Phi) is 5.71. The van der Waals surface area contributed by atoms with E-state index < -0.39 is 17.6 Å². The van der Waals surface area contributed by atoms with Crippen LogP contribution in [0.25, 0.3) is 0 Å². The van der Waals surface area contributed by atoms with Crippen LogP contribution in [0.1, 0.15) is 19.8 Å². The number of aliphatic carboxylic acids is 1. The topological polar surface area (TPSA) is 99.1 Å². The predicted octanol–water partition coefficient (Wildman–Crippen LogP) is -0.951. The number of carbonyl (C=O) groups is 2. The molecule has 1 unspecified atom stereocenters. The summed E-state index contributed by atoms with van der Waals surface area (Å²) in [5, 5.41) is 21.7. The maximum Gasteiger partial charge on any atom is 0.327 e. The number of rotatable bonds is 6. The molecule has 1 aliphatic rings. The van der Waals surface area contributed by atoms with Gasteiger partial charge in [-0.1, -0.05) is 0 Å². The molecule has 110 valence electrons. The van der Waals surface area contributed by atoms with Crippen LogP contribution in [0.3, 0.4) is 0 Å². The van der Waals surface area contributed by atoms with Crippen LogP contribution < -0.4 is 5.32 Å². The van der Waals surface area contributed by atoms with Gasteiger partial charge in [-0.2, -0.15) is 0 Å². The molecular formula is C12H22N2O5. The van der Waals surface area contributed by atoms with Crippen LogP contribution in [0, 0.1) is 0 Å². The largest absolute Gasteiger partial charge is 0.480 e. The third-order valence-corrected chi connectivity index (χ3v) is 3.16. The molecule has 0 aliphatic carbocycles. The van der Waals surface area contributed by atoms with Crippen LogP contribution in [-0.2, 0) is 14.3 Å². The van der Waals surface area contributed by atoms with Crippen molar-refractivity contribution in [1.29, 1.82) is 0 Å². The van der Waals surface area contributed by atoms with Gasteiger partial charge in [-0.25, -0.2) is 4.79 Å². The first-order valence-corrected chi connectivity index (χ1v) is 6.31. The molecule has 7 heteroatoms. The fourth-order valence-corrected chi connectivity index (χ4v) is 2.22. The van der Waals surface area contributed by atoms with Crippen LogP contribution in [0.2, 0.25) is 0 Å². The molecule has 0 aromatic rings. The number of carboxylic acid groups (broad SMARTS) is 1. The summed E-state index contributed by atoms with van der Waals surface area (Å²) in [6.45, 7) is 2.82. The Bertz CT molecular complexity index is 328. The fourth-order valence-electron chi connectivity index (χ4n) is 2.22. The van der Waals surface area contributed by atoms with Crippen LogP contribution in [0.4, 0.5) is 0 Å². The van der Waals surface area contributed by atoms with Crippen molar-refractivity contribution in [1.82, 2.24) is 10.2 Å². The Morgan fingerprint density at radius 1 is 1.42 bits per heavy atom. The van der Waals surface area contributed by atoms with Gasteiger partial charge in [0.1, 0.15) is 6.04 Å². The van der Waals surface area contributed by atoms with E-state index in [4.69, 9.17) is 9.84 Å². The van der Waals surface area contributed by atoms with Crippen molar-refractivity contribution in [3.05, 3.63) is 0 Å². The van der Waals surface area contributed by atoms with Crippen LogP contribution in [0.15, 0.2) is 0 Å². The van der Waals surface area contributed by atoms with Gasteiger partial charge in [-0.3, -0.25) is 4.79 Å². The molecule has 1 amide bonds. The maximum atomic E-state index is 11.0. The summed E-state index contributed by atoms with van der Waals surface area (Å²) in [5.74, 6) is -1.47. The van der Waals surface area contributed by atoms with E-state index in [9.17, 15) is 14.7 Å². The van der Waals surface area contributed by atoms with Gasteiger partial charge in [-0.05, 0) is 7.05 Å². The highest BCUT2D eigenvalue weighted by atomic mass is 16.5. The lowest BCUT2D eigenvalue weighted by Gasteiger charge is -2.36. The summed E-state index contributed by atoms with van der Waals surface area (Å²) in [5.41, 5.74) is -0.841. The molecule has 0 spiro atoms. The zero-order valence-electron chi connectivity index (χ0n) is 11.4. The van der Waals surface area contributed by atoms with Crippen molar-refractivity contribution in [2.45, 2.75) is 31.4 Å². The van der Waals surface area contributed by atoms with Gasteiger partial charge in [0.25, 0.3) is 0 Å². The van der Waals surface area contributed by atoms with Gasteiger partial charge in [0.2, 0.25) is 5.91 Å². The van der Waals surface area contributed by atoms with Gasteiger partial charge in [0.05, 0.1) is 5.60 Å². The summed E-state index contributed by atoms with van der Waals surface area (Å²) < 4.78 is 5.19. The number of hydrogen-bond donors (Lipinski definition) is 3. The number of nitrogens with one attached hydrogen (secondary N) is 1. The smallest absolute Gasteiger partial charge is 0.327 e. The second kappa shape index (κ2) is 6.83. The lowest BCUT2D eigenvalue weighted by atomic mass is 9.94. The van der Waals surface area contributed by atoms with E-state index in [0.29, 0.717) is 32.6 Å². The van der Waals surface area contributed by atoms with Crippen LogP contribution >= 0.6 is 0 Å². The number of nitrogens with zero attached hydrogens (tertiary/aromatic N) is 1. The van der Waals surface area contributed by atoms with E-state index in [0.717, 1.165) is 0 Å². The first-order valence-electron chi connectivity index (χ1n) is 6.31. The second-order valence-corrected chi connectivity index (χ2v) is 5.12. The molecule has 0 saturated carbocycles. The van der Waals surface area contributed by atoms with Crippen molar-refractivity contribution in [2.24, 2.45) is 0 Å². The minimum Gasteiger partial charge on any atom is -0.480 e. The summed E-state index contributed by atoms with van der Waals surface area (Å²) in [6, 6.07) is -0.967. The lowest BCUT2D eigenvalue weighted by Crippen LogP contribution is -2.51. The molecule has 1 fully saturated rings. The van der Waals surface area contributed by atoms with E-state index in [1.54, 1.807) is 11.9 Å². The number of amides is 1. The Morgan fingerprint density at radius 3 is 2.47 bits per heavy atom. The van der Waals surface area contributed by atoms with Crippen molar-refractivity contribution < 1.29 is 24.5 Å². The zero-order chi connectivity index (χ0) is 14.5. The number of ether oxygens (including phenoxy) is 1. The summed E-state index contributed by atoms with van der Waals surface area (Å²) in [4.78, 5) is 23.7. The molecule has 3 N–H and O–H groups in total. The van der Waals surface area contributed by atoms with Crippen LogP contribution in [0.5, 0.6) is 0 Å². The van der Waals surface area contributed by atoms with Crippen LogP contribution in [-0.4, -0.2) is 72.0 Å². The summed E-state index contributed by atoms with van der Waals surface area (Å²) in [7, 11) is 1.73. The maximum absolute atomic E-state index is 11.0. The SMILES string of the molecule is CC(=O)NC(CN(C)CC1(O)CCOCC1)C(=O)O. The lowest BCUT2D eigenvalue weighted by molar-refractivity contribution is -0.142. The van der Waals surface area contributed by atoms with Gasteiger partial charge in [0, 0.05) is 46.1 Å². The number of hydrogen-bond acceptors (Lipinski definition) is 5. The highest BCUT2D eigenvalue weighted by Crippen LogP contribution is 2.21. The molecule has 1 atom stereocenters. The van der Waals surface area contributed by atoms with Crippen molar-refractivity contribution in [3.63, 3.8) is 0 Å². The van der Waals surface area contributed by atoms with E-state index in [1.165, 1.54) is 6.92 Å². The number of carboxylic acids is 1. The number of aliphatic hydroxyl groups is 1. The van der Waals surface area contributed by atoms with Gasteiger partial charge in [0.15, 0.2) is 0 Å². The summed E-state index contributed by atoms with van der Waals surface area (Å²) >= 11 is 0. The molecular weight excluding hydrogens is 252 g/mol. The molecule has 0 radical (unpaired) electrons. The molecule has 7 nitrogen and oxygen atoms in total. The molecule has 19 heavy (non-hydrogen) atoms. The standard InChI is InChI=1S/C12H22N2O5/c1-9(15)13-10(11(16)17)7-14(2)8-12(18)3-5-19-6-4-12/h10,18H,3-8H2,1-2H3,(H,13,15)(H,16,17). The first-order chi connectivity index (χ1) is 8.82. The second-order valence-electron chi connectivity index (χ2n) is 5.12. The quantitative estimate of drug-likeness (QED) is 0.577. The zero-order valence-corrected chi connectivity index (χ0v) is 11.4. The predicted molar refractivity (Wildman–Crippen MR) is 67.7 cm³/mol. The number of likely N-dealkylation sites (N-methyl/N-ethyl adjacent to an activating group) is 1. The average molecular weight is 274 g/mol. The average Bonchev–Trinajstić information content (AvgIpc) is 2.27. The van der Waals surface area contributed by atoms with E-state index in [2.05, 4.69) is 5.32 Å². The molecule has 1 rings (SSSR count). The van der Waals surface area contributed by atoms with E-state index in [-0.39, 0.29) is 12.5 Å². The monoisotopic (exact) mass is 274 g/mol.